The van der Waals surface area contributed by atoms with E-state index in [0.717, 1.165) is 22.4 Å². The van der Waals surface area contributed by atoms with Gasteiger partial charge in [0, 0.05) is 30.4 Å². The molecule has 3 rings (SSSR count). The number of nitrogens with one attached hydrogen (secondary N) is 2. The highest BCUT2D eigenvalue weighted by molar-refractivity contribution is 7.14. The molecule has 0 aliphatic heterocycles. The van der Waals surface area contributed by atoms with Crippen LogP contribution in [-0.4, -0.2) is 27.9 Å². The Bertz CT molecular complexity index is 1000. The van der Waals surface area contributed by atoms with Crippen LogP contribution in [0.5, 0.6) is 0 Å². The number of aromatic nitrogens is 2. The van der Waals surface area contributed by atoms with Gasteiger partial charge in [-0.15, -0.1) is 11.3 Å². The normalized spacial score (nSPS) is 10.4. The van der Waals surface area contributed by atoms with Crippen molar-refractivity contribution in [3.05, 3.63) is 65.8 Å². The molecule has 138 valence electrons. The Labute approximate surface area is 161 Å². The minimum absolute atomic E-state index is 0.117. The Kier molecular flexibility index (Phi) is 5.52. The van der Waals surface area contributed by atoms with Crippen LogP contribution in [0.3, 0.4) is 0 Å². The number of anilines is 1. The lowest BCUT2D eigenvalue weighted by molar-refractivity contribution is -0.115. The number of carbonyl (C=O) groups excluding carboxylic acids is 2. The zero-order valence-electron chi connectivity index (χ0n) is 15.2. The van der Waals surface area contributed by atoms with Crippen LogP contribution >= 0.6 is 11.3 Å². The van der Waals surface area contributed by atoms with E-state index in [-0.39, 0.29) is 18.4 Å². The molecule has 0 bridgehead atoms. The van der Waals surface area contributed by atoms with E-state index < -0.39 is 0 Å². The Hall–Kier alpha value is -3.19. The van der Waals surface area contributed by atoms with E-state index >= 15 is 0 Å². The van der Waals surface area contributed by atoms with Crippen molar-refractivity contribution >= 4 is 33.9 Å². The molecule has 0 spiro atoms. The maximum Gasteiger partial charge on any atom is 0.253 e. The van der Waals surface area contributed by atoms with Gasteiger partial charge in [-0.3, -0.25) is 9.59 Å². The topological polar surface area (TPSA) is 76.0 Å². The second-order valence-electron chi connectivity index (χ2n) is 6.20. The molecule has 0 saturated carbocycles. The summed E-state index contributed by atoms with van der Waals surface area (Å²) in [7, 11) is 1.83. The highest BCUT2D eigenvalue weighted by atomic mass is 32.1. The van der Waals surface area contributed by atoms with E-state index in [4.69, 9.17) is 0 Å². The summed E-state index contributed by atoms with van der Waals surface area (Å²) in [6, 6.07) is 9.63. The second kappa shape index (κ2) is 8.01. The summed E-state index contributed by atoms with van der Waals surface area (Å²) in [5.74, 6) is -0.613. The van der Waals surface area contributed by atoms with Gasteiger partial charge in [0.15, 0.2) is 5.13 Å². The molecule has 0 fully saturated rings. The number of benzene rings is 1. The lowest BCUT2D eigenvalue weighted by atomic mass is 10.0. The summed E-state index contributed by atoms with van der Waals surface area (Å²) in [6.07, 6.45) is 3.47. The lowest BCUT2D eigenvalue weighted by Gasteiger charge is -2.04. The molecule has 0 aliphatic rings. The molecule has 2 amide bonds. The maximum absolute atomic E-state index is 12.1. The van der Waals surface area contributed by atoms with Crippen molar-refractivity contribution < 1.29 is 9.59 Å². The summed E-state index contributed by atoms with van der Waals surface area (Å²) in [5.41, 5.74) is 4.29. The zero-order valence-corrected chi connectivity index (χ0v) is 16.0. The number of carbonyl (C=O) groups is 2. The maximum atomic E-state index is 12.1. The Balaban J connectivity index is 1.58. The number of aryl methyl sites for hydroxylation is 1. The highest BCUT2D eigenvalue weighted by Gasteiger charge is 2.11. The second-order valence-corrected chi connectivity index (χ2v) is 7.05. The van der Waals surface area contributed by atoms with Gasteiger partial charge in [-0.25, -0.2) is 4.98 Å². The molecule has 2 N–H and O–H groups in total. The lowest BCUT2D eigenvalue weighted by Crippen LogP contribution is -2.32. The summed E-state index contributed by atoms with van der Waals surface area (Å²) >= 11 is 1.34. The first kappa shape index (κ1) is 18.6. The van der Waals surface area contributed by atoms with Gasteiger partial charge < -0.3 is 15.2 Å². The van der Waals surface area contributed by atoms with E-state index in [9.17, 15) is 9.59 Å². The molecule has 0 atom stereocenters. The quantitative estimate of drug-likeness (QED) is 0.687. The van der Waals surface area contributed by atoms with Gasteiger partial charge in [0.25, 0.3) is 5.91 Å². The van der Waals surface area contributed by atoms with Gasteiger partial charge in [0.1, 0.15) is 0 Å². The molecular weight excluding hydrogens is 360 g/mol. The van der Waals surface area contributed by atoms with Gasteiger partial charge in [-0.2, -0.15) is 0 Å². The number of allylic oxidation sites excluding steroid dienone is 1. The molecule has 3 aromatic rings. The van der Waals surface area contributed by atoms with Crippen LogP contribution in [0.25, 0.3) is 16.8 Å². The van der Waals surface area contributed by atoms with Crippen LogP contribution in [0.1, 0.15) is 22.8 Å². The van der Waals surface area contributed by atoms with Crippen LogP contribution in [0.2, 0.25) is 0 Å². The van der Waals surface area contributed by atoms with Gasteiger partial charge >= 0.3 is 0 Å². The number of thiazole rings is 1. The molecule has 0 saturated heterocycles. The molecule has 7 heteroatoms. The van der Waals surface area contributed by atoms with Crippen molar-refractivity contribution in [1.29, 1.82) is 0 Å². The van der Waals surface area contributed by atoms with Crippen molar-refractivity contribution in [1.82, 2.24) is 14.9 Å². The molecule has 0 unspecified atom stereocenters. The number of amides is 2. The van der Waals surface area contributed by atoms with Crippen molar-refractivity contribution in [2.45, 2.75) is 6.92 Å². The molecule has 6 nitrogen and oxygen atoms in total. The SMILES string of the molecule is C=C(C)c1cccc(-c2csc(NC(=O)CNC(=O)c3ccn(C)c3)n2)c1. The zero-order chi connectivity index (χ0) is 19.4. The number of hydrogen-bond acceptors (Lipinski definition) is 4. The summed E-state index contributed by atoms with van der Waals surface area (Å²) in [6.45, 7) is 5.79. The fourth-order valence-corrected chi connectivity index (χ4v) is 3.21. The Morgan fingerprint density at radius 1 is 1.26 bits per heavy atom. The Morgan fingerprint density at radius 2 is 2.07 bits per heavy atom. The summed E-state index contributed by atoms with van der Waals surface area (Å²) in [4.78, 5) is 28.5. The predicted octanol–water partition coefficient (Wildman–Crippen LogP) is 3.55. The third-order valence-corrected chi connectivity index (χ3v) is 4.66. The van der Waals surface area contributed by atoms with Crippen molar-refractivity contribution in [2.75, 3.05) is 11.9 Å². The average Bonchev–Trinajstić information content (AvgIpc) is 3.29. The molecule has 2 aromatic heterocycles. The largest absolute Gasteiger partial charge is 0.356 e. The smallest absolute Gasteiger partial charge is 0.253 e. The summed E-state index contributed by atoms with van der Waals surface area (Å²) in [5, 5.41) is 7.68. The molecule has 2 heterocycles. The number of nitrogens with zero attached hydrogens (tertiary/aromatic N) is 2. The predicted molar refractivity (Wildman–Crippen MR) is 109 cm³/mol. The number of rotatable bonds is 6. The van der Waals surface area contributed by atoms with Crippen LogP contribution in [0.15, 0.2) is 54.7 Å². The first-order valence-electron chi connectivity index (χ1n) is 8.34. The number of hydrogen-bond donors (Lipinski definition) is 2. The van der Waals surface area contributed by atoms with Crippen LogP contribution in [0.4, 0.5) is 5.13 Å². The third-order valence-electron chi connectivity index (χ3n) is 3.91. The van der Waals surface area contributed by atoms with Crippen molar-refractivity contribution in [3.8, 4) is 11.3 Å². The third kappa shape index (κ3) is 4.71. The molecule has 0 aliphatic carbocycles. The van der Waals surface area contributed by atoms with E-state index in [0.29, 0.717) is 10.7 Å². The first-order valence-corrected chi connectivity index (χ1v) is 9.22. The van der Waals surface area contributed by atoms with Crippen LogP contribution in [-0.2, 0) is 11.8 Å². The van der Waals surface area contributed by atoms with Gasteiger partial charge in [-0.05, 0) is 24.6 Å². The highest BCUT2D eigenvalue weighted by Crippen LogP contribution is 2.26. The summed E-state index contributed by atoms with van der Waals surface area (Å²) < 4.78 is 1.77. The van der Waals surface area contributed by atoms with E-state index in [1.807, 2.05) is 43.6 Å². The van der Waals surface area contributed by atoms with Crippen molar-refractivity contribution in [3.63, 3.8) is 0 Å². The minimum atomic E-state index is -0.323. The molecule has 27 heavy (non-hydrogen) atoms. The van der Waals surface area contributed by atoms with E-state index in [1.165, 1.54) is 11.3 Å². The van der Waals surface area contributed by atoms with Gasteiger partial charge in [0.05, 0.1) is 17.8 Å². The van der Waals surface area contributed by atoms with Crippen molar-refractivity contribution in [2.24, 2.45) is 7.05 Å². The minimum Gasteiger partial charge on any atom is -0.356 e. The van der Waals surface area contributed by atoms with Crippen LogP contribution < -0.4 is 10.6 Å². The monoisotopic (exact) mass is 380 g/mol. The molecular formula is C20H20N4O2S. The van der Waals surface area contributed by atoms with Gasteiger partial charge in [-0.1, -0.05) is 30.4 Å². The van der Waals surface area contributed by atoms with Crippen LogP contribution in [0, 0.1) is 0 Å². The van der Waals surface area contributed by atoms with Gasteiger partial charge in [0.2, 0.25) is 5.91 Å². The fourth-order valence-electron chi connectivity index (χ4n) is 2.47. The first-order chi connectivity index (χ1) is 12.9. The molecule has 0 radical (unpaired) electrons. The molecule has 1 aromatic carbocycles. The Morgan fingerprint density at radius 3 is 2.78 bits per heavy atom. The van der Waals surface area contributed by atoms with E-state index in [2.05, 4.69) is 22.2 Å². The standard InChI is InChI=1S/C20H20N4O2S/c1-13(2)14-5-4-6-15(9-14)17-12-27-20(22-17)23-18(25)10-21-19(26)16-7-8-24(3)11-16/h4-9,11-12H,1,10H2,2-3H3,(H,21,26)(H,22,23,25). The van der Waals surface area contributed by atoms with E-state index in [1.54, 1.807) is 23.0 Å². The fraction of sp³-hybridized carbons (Fsp3) is 0.150. The average molecular weight is 380 g/mol.